The molecule has 0 saturated heterocycles. The van der Waals surface area contributed by atoms with Gasteiger partial charge in [0.15, 0.2) is 0 Å². The zero-order chi connectivity index (χ0) is 23.5. The average Bonchev–Trinajstić information content (AvgIpc) is 3.34. The lowest BCUT2D eigenvalue weighted by Crippen LogP contribution is -2.12. The average molecular weight is 461 g/mol. The molecule has 0 spiro atoms. The predicted octanol–water partition coefficient (Wildman–Crippen LogP) is 5.67. The Morgan fingerprint density at radius 2 is 1.79 bits per heavy atom. The highest BCUT2D eigenvalue weighted by Gasteiger charge is 2.21. The molecule has 7 heteroatoms. The van der Waals surface area contributed by atoms with Gasteiger partial charge in [0.1, 0.15) is 10.6 Å². The summed E-state index contributed by atoms with van der Waals surface area (Å²) in [6.07, 6.45) is 1.62. The van der Waals surface area contributed by atoms with Crippen molar-refractivity contribution in [2.24, 2.45) is 0 Å². The van der Waals surface area contributed by atoms with E-state index >= 15 is 0 Å². The van der Waals surface area contributed by atoms with Crippen molar-refractivity contribution >= 4 is 22.9 Å². The van der Waals surface area contributed by atoms with Gasteiger partial charge in [0.05, 0.1) is 18.5 Å². The van der Waals surface area contributed by atoms with Crippen LogP contribution in [-0.4, -0.2) is 27.8 Å². The predicted molar refractivity (Wildman–Crippen MR) is 133 cm³/mol. The monoisotopic (exact) mass is 460 g/mol. The SMILES string of the molecule is CCc1ccccc1NC(=O)c1sc(-n2nc(C)c(Cc3ccc(OC)cc3)c2C)nc1C. The van der Waals surface area contributed by atoms with Crippen LogP contribution in [0.5, 0.6) is 5.75 Å². The number of para-hydroxylation sites is 1. The van der Waals surface area contributed by atoms with Crippen molar-refractivity contribution in [1.82, 2.24) is 14.8 Å². The molecule has 1 N–H and O–H groups in total. The maximum absolute atomic E-state index is 13.0. The molecule has 2 aromatic carbocycles. The molecule has 0 atom stereocenters. The number of nitrogens with zero attached hydrogens (tertiary/aromatic N) is 3. The van der Waals surface area contributed by atoms with Crippen molar-refractivity contribution in [3.8, 4) is 10.9 Å². The summed E-state index contributed by atoms with van der Waals surface area (Å²) in [6.45, 7) is 8.00. The lowest BCUT2D eigenvalue weighted by atomic mass is 10.0. The van der Waals surface area contributed by atoms with Gasteiger partial charge in [-0.1, -0.05) is 48.6 Å². The molecule has 0 aliphatic heterocycles. The summed E-state index contributed by atoms with van der Waals surface area (Å²) in [7, 11) is 1.67. The van der Waals surface area contributed by atoms with Gasteiger partial charge in [-0.25, -0.2) is 9.67 Å². The molecule has 33 heavy (non-hydrogen) atoms. The van der Waals surface area contributed by atoms with Crippen molar-refractivity contribution in [3.05, 3.63) is 87.2 Å². The molecule has 4 rings (SSSR count). The molecule has 2 aromatic heterocycles. The molecule has 4 aromatic rings. The Labute approximate surface area is 198 Å². The van der Waals surface area contributed by atoms with Crippen molar-refractivity contribution in [2.75, 3.05) is 12.4 Å². The summed E-state index contributed by atoms with van der Waals surface area (Å²) >= 11 is 1.36. The van der Waals surface area contributed by atoms with Crippen LogP contribution in [-0.2, 0) is 12.8 Å². The zero-order valence-electron chi connectivity index (χ0n) is 19.6. The van der Waals surface area contributed by atoms with Crippen molar-refractivity contribution in [1.29, 1.82) is 0 Å². The van der Waals surface area contributed by atoms with E-state index in [1.807, 2.05) is 61.9 Å². The lowest BCUT2D eigenvalue weighted by Gasteiger charge is -2.08. The van der Waals surface area contributed by atoms with Gasteiger partial charge in [-0.3, -0.25) is 4.79 Å². The molecule has 2 heterocycles. The van der Waals surface area contributed by atoms with E-state index in [2.05, 4.69) is 29.4 Å². The molecular formula is C26H28N4O2S. The summed E-state index contributed by atoms with van der Waals surface area (Å²) in [6, 6.07) is 15.9. The van der Waals surface area contributed by atoms with Gasteiger partial charge in [-0.15, -0.1) is 0 Å². The number of hydrogen-bond donors (Lipinski definition) is 1. The van der Waals surface area contributed by atoms with E-state index in [9.17, 15) is 4.79 Å². The third-order valence-corrected chi connectivity index (χ3v) is 6.93. The van der Waals surface area contributed by atoms with Crippen LogP contribution in [0.25, 0.3) is 5.13 Å². The van der Waals surface area contributed by atoms with E-state index in [4.69, 9.17) is 9.84 Å². The molecule has 0 aliphatic carbocycles. The Balaban J connectivity index is 1.59. The smallest absolute Gasteiger partial charge is 0.267 e. The fourth-order valence-corrected chi connectivity index (χ4v) is 4.84. The molecule has 6 nitrogen and oxygen atoms in total. The van der Waals surface area contributed by atoms with Crippen LogP contribution >= 0.6 is 11.3 Å². The van der Waals surface area contributed by atoms with Crippen LogP contribution in [0.3, 0.4) is 0 Å². The fraction of sp³-hybridized carbons (Fsp3) is 0.269. The molecule has 0 saturated carbocycles. The number of carbonyl (C=O) groups is 1. The number of benzene rings is 2. The molecule has 0 unspecified atom stereocenters. The summed E-state index contributed by atoms with van der Waals surface area (Å²) in [5.41, 5.74) is 6.98. The minimum Gasteiger partial charge on any atom is -0.497 e. The fourth-order valence-electron chi connectivity index (χ4n) is 3.88. The highest BCUT2D eigenvalue weighted by molar-refractivity contribution is 7.16. The van der Waals surface area contributed by atoms with Gasteiger partial charge in [0, 0.05) is 23.4 Å². The quantitative estimate of drug-likeness (QED) is 0.386. The van der Waals surface area contributed by atoms with E-state index in [1.54, 1.807) is 7.11 Å². The molecule has 0 aliphatic rings. The topological polar surface area (TPSA) is 69.0 Å². The first kappa shape index (κ1) is 22.7. The summed E-state index contributed by atoms with van der Waals surface area (Å²) < 4.78 is 7.11. The second-order valence-electron chi connectivity index (χ2n) is 7.96. The van der Waals surface area contributed by atoms with Gasteiger partial charge in [-0.05, 0) is 56.5 Å². The first-order valence-electron chi connectivity index (χ1n) is 11.0. The third kappa shape index (κ3) is 4.68. The first-order valence-corrected chi connectivity index (χ1v) is 11.8. The number of ether oxygens (including phenoxy) is 1. The normalized spacial score (nSPS) is 10.9. The molecule has 0 radical (unpaired) electrons. The number of rotatable bonds is 7. The van der Waals surface area contributed by atoms with E-state index in [1.165, 1.54) is 16.9 Å². The van der Waals surface area contributed by atoms with Gasteiger partial charge in [0.2, 0.25) is 5.13 Å². The van der Waals surface area contributed by atoms with Gasteiger partial charge >= 0.3 is 0 Å². The summed E-state index contributed by atoms with van der Waals surface area (Å²) in [4.78, 5) is 18.3. The minimum atomic E-state index is -0.142. The number of hydrogen-bond acceptors (Lipinski definition) is 5. The maximum atomic E-state index is 13.0. The number of aryl methyl sites for hydroxylation is 3. The highest BCUT2D eigenvalue weighted by atomic mass is 32.1. The summed E-state index contributed by atoms with van der Waals surface area (Å²) in [5.74, 6) is 0.700. The zero-order valence-corrected chi connectivity index (χ0v) is 20.4. The first-order chi connectivity index (χ1) is 15.9. The van der Waals surface area contributed by atoms with Gasteiger partial charge in [0.25, 0.3) is 5.91 Å². The van der Waals surface area contributed by atoms with E-state index in [0.717, 1.165) is 46.8 Å². The van der Waals surface area contributed by atoms with Crippen LogP contribution in [0, 0.1) is 20.8 Å². The number of thiazole rings is 1. The number of nitrogens with one attached hydrogen (secondary N) is 1. The Kier molecular flexibility index (Phi) is 6.60. The molecular weight excluding hydrogens is 432 g/mol. The number of amides is 1. The Hall–Kier alpha value is -3.45. The van der Waals surface area contributed by atoms with Crippen LogP contribution in [0.1, 0.15) is 50.4 Å². The van der Waals surface area contributed by atoms with Crippen molar-refractivity contribution in [2.45, 2.75) is 40.5 Å². The lowest BCUT2D eigenvalue weighted by molar-refractivity contribution is 0.102. The third-order valence-electron chi connectivity index (χ3n) is 5.80. The van der Waals surface area contributed by atoms with Crippen LogP contribution in [0.4, 0.5) is 5.69 Å². The standard InChI is InChI=1S/C26H28N4O2S/c1-6-20-9-7-8-10-23(20)28-25(31)24-17(3)27-26(33-24)30-18(4)22(16(2)29-30)15-19-11-13-21(32-5)14-12-19/h7-14H,6,15H2,1-5H3,(H,28,31). The Morgan fingerprint density at radius 1 is 1.06 bits per heavy atom. The largest absolute Gasteiger partial charge is 0.497 e. The van der Waals surface area contributed by atoms with Crippen LogP contribution < -0.4 is 10.1 Å². The van der Waals surface area contributed by atoms with Gasteiger partial charge < -0.3 is 10.1 Å². The molecule has 0 fully saturated rings. The van der Waals surface area contributed by atoms with Crippen LogP contribution in [0.2, 0.25) is 0 Å². The second kappa shape index (κ2) is 9.58. The number of carbonyl (C=O) groups excluding carboxylic acids is 1. The van der Waals surface area contributed by atoms with E-state index < -0.39 is 0 Å². The second-order valence-corrected chi connectivity index (χ2v) is 8.94. The van der Waals surface area contributed by atoms with E-state index in [-0.39, 0.29) is 5.91 Å². The van der Waals surface area contributed by atoms with Crippen LogP contribution in [0.15, 0.2) is 48.5 Å². The Morgan fingerprint density at radius 3 is 2.48 bits per heavy atom. The number of anilines is 1. The number of aromatic nitrogens is 3. The van der Waals surface area contributed by atoms with E-state index in [0.29, 0.717) is 15.7 Å². The maximum Gasteiger partial charge on any atom is 0.267 e. The molecule has 1 amide bonds. The Bertz CT molecular complexity index is 1290. The highest BCUT2D eigenvalue weighted by Crippen LogP contribution is 2.27. The minimum absolute atomic E-state index is 0.142. The van der Waals surface area contributed by atoms with Crippen molar-refractivity contribution in [3.63, 3.8) is 0 Å². The van der Waals surface area contributed by atoms with Gasteiger partial charge in [-0.2, -0.15) is 5.10 Å². The number of methoxy groups -OCH3 is 1. The molecule has 170 valence electrons. The molecule has 0 bridgehead atoms. The van der Waals surface area contributed by atoms with Crippen molar-refractivity contribution < 1.29 is 9.53 Å². The summed E-state index contributed by atoms with van der Waals surface area (Å²) in [5, 5.41) is 8.49.